The number of halogens is 2. The largest absolute Gasteiger partial charge is 0.337 e. The fourth-order valence-corrected chi connectivity index (χ4v) is 2.22. The summed E-state index contributed by atoms with van der Waals surface area (Å²) in [6.07, 6.45) is 1.42. The maximum Gasteiger partial charge on any atom is 0.285 e. The van der Waals surface area contributed by atoms with E-state index in [1.165, 1.54) is 4.90 Å². The van der Waals surface area contributed by atoms with Gasteiger partial charge in [-0.15, -0.1) is 0 Å². The average Bonchev–Trinajstić information content (AvgIpc) is 2.40. The molecule has 1 fully saturated rings. The Balaban J connectivity index is 2.38. The summed E-state index contributed by atoms with van der Waals surface area (Å²) in [6.45, 7) is 0.637. The SMILES string of the molecule is NC1CCCN(C(=O)c2cc(F)c(F)cc2[N+](=O)[O-])C1. The molecule has 1 aromatic carbocycles. The quantitative estimate of drug-likeness (QED) is 0.657. The van der Waals surface area contributed by atoms with E-state index in [2.05, 4.69) is 0 Å². The number of carbonyl (C=O) groups excluding carboxylic acids is 1. The van der Waals surface area contributed by atoms with Gasteiger partial charge in [0.15, 0.2) is 11.6 Å². The van der Waals surface area contributed by atoms with Crippen LogP contribution in [0.1, 0.15) is 23.2 Å². The Morgan fingerprint density at radius 2 is 2.05 bits per heavy atom. The summed E-state index contributed by atoms with van der Waals surface area (Å²) in [5.41, 5.74) is 4.53. The monoisotopic (exact) mass is 285 g/mol. The molecule has 0 aromatic heterocycles. The molecule has 0 spiro atoms. The zero-order valence-electron chi connectivity index (χ0n) is 10.5. The van der Waals surface area contributed by atoms with Crippen LogP contribution < -0.4 is 5.73 Å². The zero-order chi connectivity index (χ0) is 14.9. The van der Waals surface area contributed by atoms with Gasteiger partial charge in [-0.05, 0) is 18.9 Å². The van der Waals surface area contributed by atoms with E-state index in [0.29, 0.717) is 25.1 Å². The molecule has 1 aliphatic heterocycles. The van der Waals surface area contributed by atoms with Crippen molar-refractivity contribution in [2.75, 3.05) is 13.1 Å². The Morgan fingerprint density at radius 3 is 2.65 bits per heavy atom. The predicted octanol–water partition coefficient (Wildman–Crippen LogP) is 1.44. The van der Waals surface area contributed by atoms with Gasteiger partial charge in [-0.25, -0.2) is 8.78 Å². The van der Waals surface area contributed by atoms with Crippen LogP contribution in [0.2, 0.25) is 0 Å². The van der Waals surface area contributed by atoms with Gasteiger partial charge >= 0.3 is 0 Å². The molecule has 1 unspecified atom stereocenters. The van der Waals surface area contributed by atoms with Gasteiger partial charge in [0.05, 0.1) is 11.0 Å². The first kappa shape index (κ1) is 14.3. The third-order valence-corrected chi connectivity index (χ3v) is 3.21. The molecule has 2 N–H and O–H groups in total. The minimum Gasteiger partial charge on any atom is -0.337 e. The summed E-state index contributed by atoms with van der Waals surface area (Å²) in [7, 11) is 0. The summed E-state index contributed by atoms with van der Waals surface area (Å²) in [6, 6.07) is 0.777. The third kappa shape index (κ3) is 2.74. The highest BCUT2D eigenvalue weighted by atomic mass is 19.2. The summed E-state index contributed by atoms with van der Waals surface area (Å²) < 4.78 is 26.3. The van der Waals surface area contributed by atoms with E-state index in [9.17, 15) is 23.7 Å². The molecular weight excluding hydrogens is 272 g/mol. The van der Waals surface area contributed by atoms with Crippen LogP contribution in [0, 0.1) is 21.7 Å². The van der Waals surface area contributed by atoms with Gasteiger partial charge < -0.3 is 10.6 Å². The molecule has 6 nitrogen and oxygen atoms in total. The maximum absolute atomic E-state index is 13.2. The molecule has 2 rings (SSSR count). The molecule has 1 saturated heterocycles. The first-order valence-corrected chi connectivity index (χ1v) is 6.08. The predicted molar refractivity (Wildman–Crippen MR) is 66.1 cm³/mol. The number of nitro groups is 1. The van der Waals surface area contributed by atoms with Gasteiger partial charge in [0.1, 0.15) is 5.56 Å². The summed E-state index contributed by atoms with van der Waals surface area (Å²) in [4.78, 5) is 23.5. The number of nitro benzene ring substituents is 1. The van der Waals surface area contributed by atoms with E-state index in [0.717, 1.165) is 6.42 Å². The molecule has 0 bridgehead atoms. The second-order valence-electron chi connectivity index (χ2n) is 4.69. The minimum atomic E-state index is -1.36. The van der Waals surface area contributed by atoms with Crippen molar-refractivity contribution in [3.63, 3.8) is 0 Å². The molecule has 108 valence electrons. The van der Waals surface area contributed by atoms with Gasteiger partial charge in [-0.3, -0.25) is 14.9 Å². The van der Waals surface area contributed by atoms with Gasteiger partial charge in [0, 0.05) is 19.1 Å². The van der Waals surface area contributed by atoms with Crippen LogP contribution in [0.25, 0.3) is 0 Å². The first-order valence-electron chi connectivity index (χ1n) is 6.08. The summed E-state index contributed by atoms with van der Waals surface area (Å²) in [5, 5.41) is 10.9. The Kier molecular flexibility index (Phi) is 3.93. The van der Waals surface area contributed by atoms with Crippen LogP contribution >= 0.6 is 0 Å². The number of benzene rings is 1. The molecule has 1 amide bonds. The third-order valence-electron chi connectivity index (χ3n) is 3.21. The number of nitrogens with zero attached hydrogens (tertiary/aromatic N) is 2. The lowest BCUT2D eigenvalue weighted by Gasteiger charge is -2.30. The molecule has 20 heavy (non-hydrogen) atoms. The number of nitrogens with two attached hydrogens (primary N) is 1. The number of hydrogen-bond acceptors (Lipinski definition) is 4. The number of carbonyl (C=O) groups is 1. The topological polar surface area (TPSA) is 89.5 Å². The van der Waals surface area contributed by atoms with Gasteiger partial charge in [-0.2, -0.15) is 0 Å². The first-order chi connectivity index (χ1) is 9.40. The normalized spacial score (nSPS) is 18.9. The van der Waals surface area contributed by atoms with Crippen LogP contribution in [-0.2, 0) is 0 Å². The molecule has 1 aromatic rings. The highest BCUT2D eigenvalue weighted by Crippen LogP contribution is 2.24. The van der Waals surface area contributed by atoms with Crippen LogP contribution in [0.5, 0.6) is 0 Å². The lowest BCUT2D eigenvalue weighted by atomic mass is 10.0. The lowest BCUT2D eigenvalue weighted by Crippen LogP contribution is -2.45. The van der Waals surface area contributed by atoms with Crippen LogP contribution in [-0.4, -0.2) is 34.9 Å². The number of rotatable bonds is 2. The Hall–Kier alpha value is -2.09. The fourth-order valence-electron chi connectivity index (χ4n) is 2.22. The van der Waals surface area contributed by atoms with Crippen LogP contribution in [0.15, 0.2) is 12.1 Å². The smallest absolute Gasteiger partial charge is 0.285 e. The molecule has 8 heteroatoms. The minimum absolute atomic E-state index is 0.211. The molecule has 1 atom stereocenters. The van der Waals surface area contributed by atoms with E-state index < -0.39 is 33.7 Å². The second-order valence-corrected chi connectivity index (χ2v) is 4.69. The fraction of sp³-hybridized carbons (Fsp3) is 0.417. The zero-order valence-corrected chi connectivity index (χ0v) is 10.5. The number of amides is 1. The molecule has 1 heterocycles. The highest BCUT2D eigenvalue weighted by molar-refractivity contribution is 5.98. The van der Waals surface area contributed by atoms with Crippen LogP contribution in [0.3, 0.4) is 0 Å². The van der Waals surface area contributed by atoms with Crippen LogP contribution in [0.4, 0.5) is 14.5 Å². The van der Waals surface area contributed by atoms with E-state index in [1.54, 1.807) is 0 Å². The van der Waals surface area contributed by atoms with Crippen molar-refractivity contribution < 1.29 is 18.5 Å². The maximum atomic E-state index is 13.2. The number of hydrogen-bond donors (Lipinski definition) is 1. The second kappa shape index (κ2) is 5.49. The van der Waals surface area contributed by atoms with Gasteiger partial charge in [0.2, 0.25) is 0 Å². The van der Waals surface area contributed by atoms with Crippen molar-refractivity contribution in [3.8, 4) is 0 Å². The van der Waals surface area contributed by atoms with Gasteiger partial charge in [-0.1, -0.05) is 0 Å². The van der Waals surface area contributed by atoms with Gasteiger partial charge in [0.25, 0.3) is 11.6 Å². The number of piperidine rings is 1. The summed E-state index contributed by atoms with van der Waals surface area (Å²) >= 11 is 0. The van der Waals surface area contributed by atoms with E-state index >= 15 is 0 Å². The molecular formula is C12H13F2N3O3. The Bertz CT molecular complexity index is 565. The van der Waals surface area contributed by atoms with Crippen molar-refractivity contribution >= 4 is 11.6 Å². The lowest BCUT2D eigenvalue weighted by molar-refractivity contribution is -0.385. The number of likely N-dealkylation sites (tertiary alicyclic amines) is 1. The van der Waals surface area contributed by atoms with Crippen molar-refractivity contribution in [1.82, 2.24) is 4.90 Å². The Labute approximate surface area is 113 Å². The molecule has 0 aliphatic carbocycles. The van der Waals surface area contributed by atoms with E-state index in [1.807, 2.05) is 0 Å². The van der Waals surface area contributed by atoms with Crippen molar-refractivity contribution in [2.24, 2.45) is 5.73 Å². The Morgan fingerprint density at radius 1 is 1.40 bits per heavy atom. The standard InChI is InChI=1S/C12H13F2N3O3/c13-9-4-8(11(17(19)20)5-10(9)14)12(18)16-3-1-2-7(15)6-16/h4-5,7H,1-3,6,15H2. The molecule has 0 radical (unpaired) electrons. The summed E-state index contributed by atoms with van der Waals surface area (Å²) in [5.74, 6) is -3.35. The highest BCUT2D eigenvalue weighted by Gasteiger charge is 2.29. The molecule has 0 saturated carbocycles. The van der Waals surface area contributed by atoms with E-state index in [4.69, 9.17) is 5.73 Å². The average molecular weight is 285 g/mol. The van der Waals surface area contributed by atoms with Crippen molar-refractivity contribution in [1.29, 1.82) is 0 Å². The van der Waals surface area contributed by atoms with Crippen molar-refractivity contribution in [3.05, 3.63) is 39.4 Å². The molecule has 1 aliphatic rings. The van der Waals surface area contributed by atoms with E-state index in [-0.39, 0.29) is 12.6 Å². The van der Waals surface area contributed by atoms with Crippen molar-refractivity contribution in [2.45, 2.75) is 18.9 Å².